The minimum Gasteiger partial charge on any atom is -0.135 e. The molecule has 0 amide bonds. The minimum absolute atomic E-state index is 0.586. The highest BCUT2D eigenvalue weighted by molar-refractivity contribution is 6.09. The molecule has 4 heteroatoms. The van der Waals surface area contributed by atoms with E-state index in [1.54, 1.807) is 0 Å². The van der Waals surface area contributed by atoms with Crippen LogP contribution in [-0.2, 0) is 32.6 Å². The highest BCUT2D eigenvalue weighted by atomic mass is 16.5. The zero-order valence-electron chi connectivity index (χ0n) is 27.8. The van der Waals surface area contributed by atoms with Crippen LogP contribution >= 0.6 is 0 Å². The van der Waals surface area contributed by atoms with Gasteiger partial charge in [0.05, 0.1) is 22.2 Å². The molecule has 5 aromatic rings. The molecule has 0 unspecified atom stereocenters. The van der Waals surface area contributed by atoms with Crippen LogP contribution in [0.15, 0.2) is 84.9 Å². The maximum atomic E-state index is 13.1. The largest absolute Gasteiger partial charge is 0.135 e. The molecule has 46 heavy (non-hydrogen) atoms. The van der Waals surface area contributed by atoms with Crippen LogP contribution in [0.3, 0.4) is 0 Å². The zero-order valence-corrected chi connectivity index (χ0v) is 27.8. The van der Waals surface area contributed by atoms with Gasteiger partial charge in [-0.05, 0) is 123 Å². The normalized spacial score (nSPS) is 18.8. The molecule has 7 rings (SSSR count). The Balaban J connectivity index is 1.36. The number of benzene rings is 5. The molecular formula is C42H38N2O2. The monoisotopic (exact) mass is 602 g/mol. The Morgan fingerprint density at radius 3 is 1.04 bits per heavy atom. The van der Waals surface area contributed by atoms with Crippen molar-refractivity contribution < 1.29 is 10.4 Å². The van der Waals surface area contributed by atoms with Crippen molar-refractivity contribution in [2.24, 2.45) is 0 Å². The van der Waals surface area contributed by atoms with Gasteiger partial charge in [-0.25, -0.2) is 0 Å². The van der Waals surface area contributed by atoms with Gasteiger partial charge in [-0.1, -0.05) is 84.3 Å². The number of rotatable bonds is 0. The third-order valence-electron chi connectivity index (χ3n) is 10.3. The lowest BCUT2D eigenvalue weighted by Gasteiger charge is -2.32. The van der Waals surface area contributed by atoms with E-state index in [0.29, 0.717) is 0 Å². The van der Waals surface area contributed by atoms with Crippen LogP contribution in [0.2, 0.25) is 0 Å². The summed E-state index contributed by atoms with van der Waals surface area (Å²) in [4.78, 5) is 0. The Morgan fingerprint density at radius 1 is 0.413 bits per heavy atom. The zero-order chi connectivity index (χ0) is 32.8. The molecule has 0 fully saturated rings. The van der Waals surface area contributed by atoms with E-state index in [9.17, 15) is 10.4 Å². The summed E-state index contributed by atoms with van der Waals surface area (Å²) in [5.41, 5.74) is 5.42. The topological polar surface area (TPSA) is 46.3 Å². The van der Waals surface area contributed by atoms with E-state index in [1.165, 1.54) is 10.1 Å². The summed E-state index contributed by atoms with van der Waals surface area (Å²) in [6.07, 6.45) is 0. The first-order valence-corrected chi connectivity index (χ1v) is 15.9. The number of fused-ring (bicyclic) bond motifs is 4. The average molecular weight is 603 g/mol. The van der Waals surface area contributed by atoms with Crippen LogP contribution in [0, 0.1) is 23.7 Å². The molecule has 0 aliphatic carbocycles. The van der Waals surface area contributed by atoms with Crippen LogP contribution in [0.1, 0.15) is 99.9 Å². The molecule has 4 nitrogen and oxygen atoms in total. The summed E-state index contributed by atoms with van der Waals surface area (Å²) in [5.74, 6) is 13.9. The summed E-state index contributed by atoms with van der Waals surface area (Å²) in [7, 11) is 0. The Hall–Kier alpha value is -4.42. The average Bonchev–Trinajstić information content (AvgIpc) is 3.26. The van der Waals surface area contributed by atoms with Crippen LogP contribution in [-0.4, -0.2) is 10.1 Å². The van der Waals surface area contributed by atoms with Gasteiger partial charge < -0.3 is 0 Å². The van der Waals surface area contributed by atoms with Crippen molar-refractivity contribution in [1.82, 2.24) is 10.1 Å². The quantitative estimate of drug-likeness (QED) is 0.131. The van der Waals surface area contributed by atoms with Gasteiger partial charge in [0.1, 0.15) is 0 Å². The van der Waals surface area contributed by atoms with E-state index >= 15 is 0 Å². The first kappa shape index (κ1) is 30.2. The number of nitrogens with zero attached hydrogens (tertiary/aromatic N) is 2. The van der Waals surface area contributed by atoms with Gasteiger partial charge in [0.2, 0.25) is 0 Å². The van der Waals surface area contributed by atoms with Gasteiger partial charge in [0, 0.05) is 22.3 Å². The van der Waals surface area contributed by atoms with Crippen LogP contribution in [0.5, 0.6) is 0 Å². The second-order valence-electron chi connectivity index (χ2n) is 14.7. The number of hydrogen-bond acceptors (Lipinski definition) is 2. The fraction of sp³-hybridized carbons (Fsp3) is 0.286. The third kappa shape index (κ3) is 4.26. The van der Waals surface area contributed by atoms with Crippen LogP contribution in [0.25, 0.3) is 21.5 Å². The minimum atomic E-state index is -0.630. The molecule has 2 aliphatic rings. The van der Waals surface area contributed by atoms with Crippen LogP contribution < -0.4 is 0 Å². The third-order valence-corrected chi connectivity index (χ3v) is 10.3. The van der Waals surface area contributed by atoms with Crippen molar-refractivity contribution in [3.8, 4) is 23.7 Å². The molecule has 0 bridgehead atoms. The van der Waals surface area contributed by atoms with Crippen molar-refractivity contribution in [3.63, 3.8) is 0 Å². The van der Waals surface area contributed by atoms with Crippen molar-refractivity contribution in [2.75, 3.05) is 0 Å². The molecular weight excluding hydrogens is 564 g/mol. The standard InChI is InChI=1S/C42H38N2O2/c1-39(2)35-23-19-27(25-37(35)41(5,6)43(39)45)17-21-33-29-13-9-11-15-31(29)34(32-16-12-10-14-30(32)33)22-18-28-20-24-36-38(26-28)42(7,8)44(46)40(36,3)4/h9-16,19-20,23-26H,1-8H3. The Labute approximate surface area is 272 Å². The SMILES string of the molecule is CC1(C)c2ccc(C#Cc3c4ccccc4c(C#Cc4ccc5c(c4)C(C)(C)N([O])C5(C)C)c4ccccc34)cc2C(C)(C)N1[O]. The molecule has 2 radical (unpaired) electrons. The molecule has 0 saturated heterocycles. The predicted molar refractivity (Wildman–Crippen MR) is 183 cm³/mol. The lowest BCUT2D eigenvalue weighted by molar-refractivity contribution is -0.266. The van der Waals surface area contributed by atoms with Gasteiger partial charge >= 0.3 is 0 Å². The van der Waals surface area contributed by atoms with Gasteiger partial charge in [-0.15, -0.1) is 20.5 Å². The molecule has 0 atom stereocenters. The number of hydrogen-bond donors (Lipinski definition) is 0. The lowest BCUT2D eigenvalue weighted by atomic mass is 9.88. The van der Waals surface area contributed by atoms with Crippen molar-refractivity contribution in [2.45, 2.75) is 77.5 Å². The van der Waals surface area contributed by atoms with Gasteiger partial charge in [-0.2, -0.15) is 0 Å². The first-order chi connectivity index (χ1) is 21.7. The maximum absolute atomic E-state index is 13.1. The molecule has 2 heterocycles. The van der Waals surface area contributed by atoms with E-state index in [-0.39, 0.29) is 0 Å². The Kier molecular flexibility index (Phi) is 6.60. The Bertz CT molecular complexity index is 2000. The summed E-state index contributed by atoms with van der Waals surface area (Å²) in [5, 5.41) is 32.9. The van der Waals surface area contributed by atoms with E-state index in [4.69, 9.17) is 0 Å². The van der Waals surface area contributed by atoms with E-state index in [0.717, 1.165) is 66.1 Å². The summed E-state index contributed by atoms with van der Waals surface area (Å²) < 4.78 is 0. The highest BCUT2D eigenvalue weighted by Crippen LogP contribution is 2.49. The maximum Gasteiger partial charge on any atom is 0.0699 e. The summed E-state index contributed by atoms with van der Waals surface area (Å²) in [6, 6.07) is 29.0. The second kappa shape index (κ2) is 10.0. The molecule has 0 aromatic heterocycles. The molecule has 5 aromatic carbocycles. The number of hydroxylamine groups is 4. The van der Waals surface area contributed by atoms with Gasteiger partial charge in [0.15, 0.2) is 0 Å². The molecule has 228 valence electrons. The smallest absolute Gasteiger partial charge is 0.0699 e. The fourth-order valence-electron chi connectivity index (χ4n) is 7.83. The fourth-order valence-corrected chi connectivity index (χ4v) is 7.83. The van der Waals surface area contributed by atoms with E-state index in [1.807, 2.05) is 91.8 Å². The Morgan fingerprint density at radius 2 is 0.717 bits per heavy atom. The van der Waals surface area contributed by atoms with Crippen LogP contribution in [0.4, 0.5) is 0 Å². The second-order valence-corrected chi connectivity index (χ2v) is 14.7. The van der Waals surface area contributed by atoms with Crippen molar-refractivity contribution in [3.05, 3.63) is 129 Å². The van der Waals surface area contributed by atoms with E-state index < -0.39 is 22.2 Å². The predicted octanol–water partition coefficient (Wildman–Crippen LogP) is 9.06. The molecule has 0 N–H and O–H groups in total. The van der Waals surface area contributed by atoms with Crippen molar-refractivity contribution >= 4 is 21.5 Å². The van der Waals surface area contributed by atoms with Crippen molar-refractivity contribution in [1.29, 1.82) is 0 Å². The summed E-state index contributed by atoms with van der Waals surface area (Å²) >= 11 is 0. The summed E-state index contributed by atoms with van der Waals surface area (Å²) in [6.45, 7) is 15.8. The van der Waals surface area contributed by atoms with E-state index in [2.05, 4.69) is 72.2 Å². The lowest BCUT2D eigenvalue weighted by Crippen LogP contribution is -2.41. The highest BCUT2D eigenvalue weighted by Gasteiger charge is 2.51. The van der Waals surface area contributed by atoms with Gasteiger partial charge in [-0.3, -0.25) is 0 Å². The van der Waals surface area contributed by atoms with Gasteiger partial charge in [0.25, 0.3) is 0 Å². The molecule has 0 spiro atoms. The first-order valence-electron chi connectivity index (χ1n) is 15.9. The molecule has 2 aliphatic heterocycles. The molecule has 0 saturated carbocycles.